The van der Waals surface area contributed by atoms with Gasteiger partial charge in [-0.15, -0.1) is 0 Å². The van der Waals surface area contributed by atoms with Crippen LogP contribution in [0, 0.1) is 11.3 Å². The van der Waals surface area contributed by atoms with Gasteiger partial charge in [0.25, 0.3) is 0 Å². The molecule has 0 unspecified atom stereocenters. The Bertz CT molecular complexity index is 707. The molecule has 23 heavy (non-hydrogen) atoms. The smallest absolute Gasteiger partial charge is 0.238 e. The molecule has 0 aliphatic heterocycles. The van der Waals surface area contributed by atoms with Gasteiger partial charge in [0.05, 0.1) is 24.9 Å². The Morgan fingerprint density at radius 3 is 2.83 bits per heavy atom. The van der Waals surface area contributed by atoms with Gasteiger partial charge < -0.3 is 15.4 Å². The van der Waals surface area contributed by atoms with Crippen molar-refractivity contribution in [3.8, 4) is 11.8 Å². The number of para-hydroxylation sites is 1. The van der Waals surface area contributed by atoms with Crippen molar-refractivity contribution >= 4 is 11.6 Å². The van der Waals surface area contributed by atoms with E-state index in [0.29, 0.717) is 17.8 Å². The molecule has 2 N–H and O–H groups in total. The molecule has 2 aromatic carbocycles. The van der Waals surface area contributed by atoms with Crippen molar-refractivity contribution in [1.29, 1.82) is 5.26 Å². The third kappa shape index (κ3) is 5.13. The van der Waals surface area contributed by atoms with Crippen LogP contribution in [0.25, 0.3) is 0 Å². The zero-order valence-electron chi connectivity index (χ0n) is 13.0. The zero-order chi connectivity index (χ0) is 16.5. The summed E-state index contributed by atoms with van der Waals surface area (Å²) in [7, 11) is 1.64. The van der Waals surface area contributed by atoms with Crippen molar-refractivity contribution in [2.75, 3.05) is 25.5 Å². The van der Waals surface area contributed by atoms with Crippen LogP contribution in [0.15, 0.2) is 48.5 Å². The first kappa shape index (κ1) is 16.5. The van der Waals surface area contributed by atoms with Crippen molar-refractivity contribution in [2.24, 2.45) is 0 Å². The number of rotatable bonds is 7. The Morgan fingerprint density at radius 2 is 2.04 bits per heavy atom. The Labute approximate surface area is 135 Å². The average molecular weight is 309 g/mol. The number of anilines is 1. The molecule has 5 nitrogen and oxygen atoms in total. The van der Waals surface area contributed by atoms with E-state index in [1.165, 1.54) is 0 Å². The van der Waals surface area contributed by atoms with E-state index in [2.05, 4.69) is 16.7 Å². The minimum absolute atomic E-state index is 0.168. The maximum atomic E-state index is 11.9. The number of methoxy groups -OCH3 is 1. The molecule has 0 saturated carbocycles. The van der Waals surface area contributed by atoms with Crippen molar-refractivity contribution in [3.63, 3.8) is 0 Å². The summed E-state index contributed by atoms with van der Waals surface area (Å²) < 4.78 is 5.18. The van der Waals surface area contributed by atoms with Gasteiger partial charge in [0.2, 0.25) is 5.91 Å². The van der Waals surface area contributed by atoms with Crippen LogP contribution >= 0.6 is 0 Å². The molecule has 0 atom stereocenters. The summed E-state index contributed by atoms with van der Waals surface area (Å²) in [6.07, 6.45) is 0.805. The molecule has 0 fully saturated rings. The lowest BCUT2D eigenvalue weighted by atomic mass is 10.1. The number of hydrogen-bond acceptors (Lipinski definition) is 4. The number of ether oxygens (including phenoxy) is 1. The van der Waals surface area contributed by atoms with E-state index in [1.54, 1.807) is 31.4 Å². The highest BCUT2D eigenvalue weighted by Crippen LogP contribution is 2.13. The van der Waals surface area contributed by atoms with E-state index in [1.807, 2.05) is 24.3 Å². The highest BCUT2D eigenvalue weighted by Gasteiger charge is 2.05. The van der Waals surface area contributed by atoms with Crippen molar-refractivity contribution in [3.05, 3.63) is 59.7 Å². The molecule has 0 saturated heterocycles. The second-order valence-electron chi connectivity index (χ2n) is 4.98. The Morgan fingerprint density at radius 1 is 1.22 bits per heavy atom. The summed E-state index contributed by atoms with van der Waals surface area (Å²) in [5, 5.41) is 14.8. The minimum atomic E-state index is -0.168. The number of carbonyl (C=O) groups is 1. The van der Waals surface area contributed by atoms with Crippen LogP contribution in [0.4, 0.5) is 5.69 Å². The third-order valence-corrected chi connectivity index (χ3v) is 3.33. The molecule has 0 heterocycles. The van der Waals surface area contributed by atoms with Crippen LogP contribution in [-0.2, 0) is 11.2 Å². The van der Waals surface area contributed by atoms with E-state index < -0.39 is 0 Å². The Kier molecular flexibility index (Phi) is 6.16. The Balaban J connectivity index is 1.76. The SMILES string of the molecule is COc1cccc(CCNCC(=O)Nc2ccccc2C#N)c1. The highest BCUT2D eigenvalue weighted by atomic mass is 16.5. The number of nitrogens with zero attached hydrogens (tertiary/aromatic N) is 1. The van der Waals surface area contributed by atoms with Crippen molar-refractivity contribution in [1.82, 2.24) is 5.32 Å². The highest BCUT2D eigenvalue weighted by molar-refractivity contribution is 5.93. The van der Waals surface area contributed by atoms with Crippen LogP contribution in [0.2, 0.25) is 0 Å². The number of benzene rings is 2. The predicted molar refractivity (Wildman–Crippen MR) is 89.4 cm³/mol. The van der Waals surface area contributed by atoms with Crippen LogP contribution < -0.4 is 15.4 Å². The molecule has 0 bridgehead atoms. The number of nitrogens with one attached hydrogen (secondary N) is 2. The maximum Gasteiger partial charge on any atom is 0.238 e. The fraction of sp³-hybridized carbons (Fsp3) is 0.222. The summed E-state index contributed by atoms with van der Waals surface area (Å²) in [5.41, 5.74) is 2.14. The van der Waals surface area contributed by atoms with Crippen LogP contribution in [-0.4, -0.2) is 26.1 Å². The van der Waals surface area contributed by atoms with Crippen LogP contribution in [0.5, 0.6) is 5.75 Å². The van der Waals surface area contributed by atoms with Crippen molar-refractivity contribution < 1.29 is 9.53 Å². The quantitative estimate of drug-likeness (QED) is 0.770. The molecular formula is C18H19N3O2. The van der Waals surface area contributed by atoms with Gasteiger partial charge in [0.1, 0.15) is 11.8 Å². The molecular weight excluding hydrogens is 290 g/mol. The number of nitriles is 1. The van der Waals surface area contributed by atoms with Gasteiger partial charge >= 0.3 is 0 Å². The van der Waals surface area contributed by atoms with E-state index >= 15 is 0 Å². The topological polar surface area (TPSA) is 74.2 Å². The van der Waals surface area contributed by atoms with E-state index in [4.69, 9.17) is 10.00 Å². The molecule has 1 amide bonds. The predicted octanol–water partition coefficient (Wildman–Crippen LogP) is 2.34. The normalized spacial score (nSPS) is 9.91. The van der Waals surface area contributed by atoms with Gasteiger partial charge in [-0.2, -0.15) is 5.26 Å². The summed E-state index contributed by atoms with van der Waals surface area (Å²) in [5.74, 6) is 0.659. The summed E-state index contributed by atoms with van der Waals surface area (Å²) in [4.78, 5) is 11.9. The van der Waals surface area contributed by atoms with Gasteiger partial charge in [-0.1, -0.05) is 24.3 Å². The van der Waals surface area contributed by atoms with Gasteiger partial charge in [-0.3, -0.25) is 4.79 Å². The monoisotopic (exact) mass is 309 g/mol. The molecule has 0 radical (unpaired) electrons. The second-order valence-corrected chi connectivity index (χ2v) is 4.98. The molecule has 0 aliphatic rings. The lowest BCUT2D eigenvalue weighted by Crippen LogP contribution is -2.29. The standard InChI is InChI=1S/C18H19N3O2/c1-23-16-7-4-5-14(11-16)9-10-20-13-18(22)21-17-8-3-2-6-15(17)12-19/h2-8,11,20H,9-10,13H2,1H3,(H,21,22). The largest absolute Gasteiger partial charge is 0.497 e. The molecule has 118 valence electrons. The van der Waals surface area contributed by atoms with E-state index in [0.717, 1.165) is 17.7 Å². The first-order valence-corrected chi connectivity index (χ1v) is 7.35. The molecule has 5 heteroatoms. The van der Waals surface area contributed by atoms with Gasteiger partial charge in [-0.05, 0) is 42.8 Å². The first-order chi connectivity index (χ1) is 11.2. The molecule has 0 aromatic heterocycles. The van der Waals surface area contributed by atoms with E-state index in [-0.39, 0.29) is 12.5 Å². The Hall–Kier alpha value is -2.84. The van der Waals surface area contributed by atoms with Crippen molar-refractivity contribution in [2.45, 2.75) is 6.42 Å². The first-order valence-electron chi connectivity index (χ1n) is 7.35. The molecule has 2 aromatic rings. The minimum Gasteiger partial charge on any atom is -0.497 e. The zero-order valence-corrected chi connectivity index (χ0v) is 13.0. The maximum absolute atomic E-state index is 11.9. The fourth-order valence-electron chi connectivity index (χ4n) is 2.15. The van der Waals surface area contributed by atoms with Crippen LogP contribution in [0.3, 0.4) is 0 Å². The second kappa shape index (κ2) is 8.57. The van der Waals surface area contributed by atoms with Gasteiger partial charge in [0.15, 0.2) is 0 Å². The summed E-state index contributed by atoms with van der Waals surface area (Å²) >= 11 is 0. The lowest BCUT2D eigenvalue weighted by Gasteiger charge is -2.08. The summed E-state index contributed by atoms with van der Waals surface area (Å²) in [6.45, 7) is 0.879. The van der Waals surface area contributed by atoms with Crippen LogP contribution in [0.1, 0.15) is 11.1 Å². The molecule has 0 spiro atoms. The number of amides is 1. The average Bonchev–Trinajstić information content (AvgIpc) is 2.59. The number of hydrogen-bond donors (Lipinski definition) is 2. The molecule has 2 rings (SSSR count). The molecule has 0 aliphatic carbocycles. The lowest BCUT2D eigenvalue weighted by molar-refractivity contribution is -0.115. The van der Waals surface area contributed by atoms with Gasteiger partial charge in [0, 0.05) is 0 Å². The van der Waals surface area contributed by atoms with Gasteiger partial charge in [-0.25, -0.2) is 0 Å². The number of carbonyl (C=O) groups excluding carboxylic acids is 1. The fourth-order valence-corrected chi connectivity index (χ4v) is 2.15. The van der Waals surface area contributed by atoms with E-state index in [9.17, 15) is 4.79 Å². The third-order valence-electron chi connectivity index (χ3n) is 3.33. The summed E-state index contributed by atoms with van der Waals surface area (Å²) in [6, 6.07) is 16.8.